The summed E-state index contributed by atoms with van der Waals surface area (Å²) in [4.78, 5) is -1.96. The van der Waals surface area contributed by atoms with E-state index in [4.69, 9.17) is 0 Å². The van der Waals surface area contributed by atoms with Gasteiger partial charge in [0, 0.05) is 0 Å². The topological polar surface area (TPSA) is 0 Å². The molecule has 0 aromatic carbocycles. The number of rotatable bonds is 6. The molecule has 1 unspecified atom stereocenters. The van der Waals surface area contributed by atoms with E-state index in [1.807, 2.05) is 0 Å². The predicted octanol–water partition coefficient (Wildman–Crippen LogP) is 4.57. The van der Waals surface area contributed by atoms with Crippen LogP contribution in [0.1, 0.15) is 46.5 Å². The van der Waals surface area contributed by atoms with Crippen molar-refractivity contribution in [1.82, 2.24) is 0 Å². The molecule has 15 heavy (non-hydrogen) atoms. The molecule has 0 rings (SSSR count). The molecule has 0 amide bonds. The van der Waals surface area contributed by atoms with Crippen molar-refractivity contribution in [1.29, 1.82) is 0 Å². The fraction of sp³-hybridized carbons (Fsp3) is 1.00. The second-order valence-corrected chi connectivity index (χ2v) is 11.0. The van der Waals surface area contributed by atoms with Crippen molar-refractivity contribution in [2.24, 2.45) is 0 Å². The first-order valence-corrected chi connectivity index (χ1v) is 8.65. The molecule has 1 atom stereocenters. The van der Waals surface area contributed by atoms with Gasteiger partial charge in [-0.3, -0.25) is 0 Å². The van der Waals surface area contributed by atoms with E-state index in [2.05, 4.69) is 0 Å². The Morgan fingerprint density at radius 2 is 1.60 bits per heavy atom. The summed E-state index contributed by atoms with van der Waals surface area (Å²) < 4.78 is 51.0. The summed E-state index contributed by atoms with van der Waals surface area (Å²) >= 11 is -5.19. The minimum absolute atomic E-state index is 0.114. The fourth-order valence-corrected chi connectivity index (χ4v) is 3.99. The molecule has 0 heterocycles. The number of halogens is 4. The molecular weight excluding hydrogens is 271 g/mol. The molecule has 0 aromatic rings. The summed E-state index contributed by atoms with van der Waals surface area (Å²) in [5.41, 5.74) is 0. The maximum absolute atomic E-state index is 13.6. The average Bonchev–Trinajstić information content (AvgIpc) is 2.10. The van der Waals surface area contributed by atoms with Gasteiger partial charge in [-0.05, 0) is 0 Å². The summed E-state index contributed by atoms with van der Waals surface area (Å²) in [5, 5.41) is 0. The molecular formula is C10H20AsF4+. The summed E-state index contributed by atoms with van der Waals surface area (Å²) in [6, 6.07) is 0. The van der Waals surface area contributed by atoms with E-state index in [0.29, 0.717) is 19.3 Å². The quantitative estimate of drug-likeness (QED) is 0.382. The van der Waals surface area contributed by atoms with E-state index in [1.165, 1.54) is 20.8 Å². The Morgan fingerprint density at radius 3 is 2.00 bits per heavy atom. The number of alkyl halides is 2. The molecule has 0 bridgehead atoms. The Kier molecular flexibility index (Phi) is 6.24. The number of unbranched alkanes of at least 4 members (excludes halogenated alkanes) is 2. The third kappa shape index (κ3) is 4.75. The van der Waals surface area contributed by atoms with E-state index in [1.54, 1.807) is 0 Å². The molecule has 0 aliphatic carbocycles. The Bertz CT molecular complexity index is 177. The van der Waals surface area contributed by atoms with Crippen molar-refractivity contribution >= 4 is 14.5 Å². The van der Waals surface area contributed by atoms with Gasteiger partial charge in [0.15, 0.2) is 0 Å². The van der Waals surface area contributed by atoms with Gasteiger partial charge >= 0.3 is 92.5 Å². The number of hydrogen-bond acceptors (Lipinski definition) is 0. The van der Waals surface area contributed by atoms with Crippen LogP contribution in [0.2, 0.25) is 4.20 Å². The standard InChI is InChI=1S/C10H20AsF4/c1-10(2,3)11(14,15)9(13)7-5-4-6-8-12/h9H,4-8H2,1-3H3/q+1. The van der Waals surface area contributed by atoms with E-state index < -0.39 is 30.3 Å². The molecule has 0 spiro atoms. The molecule has 0 saturated heterocycles. The first-order valence-electron chi connectivity index (χ1n) is 5.21. The van der Waals surface area contributed by atoms with Gasteiger partial charge in [-0.15, -0.1) is 0 Å². The second kappa shape index (κ2) is 6.12. The SMILES string of the molecule is CC(C)(C)[As+](F)(F)C(F)CCCCCF. The zero-order valence-electron chi connectivity index (χ0n) is 9.57. The molecule has 0 saturated carbocycles. The van der Waals surface area contributed by atoms with Crippen LogP contribution in [0.4, 0.5) is 15.7 Å². The Morgan fingerprint density at radius 1 is 1.07 bits per heavy atom. The molecule has 0 aliphatic heterocycles. The van der Waals surface area contributed by atoms with Crippen molar-refractivity contribution in [2.75, 3.05) is 6.67 Å². The monoisotopic (exact) mass is 291 g/mol. The summed E-state index contributed by atoms with van der Waals surface area (Å²) in [5.74, 6) is 0. The molecule has 0 aromatic heterocycles. The number of hydrogen-bond donors (Lipinski definition) is 0. The molecule has 5 heteroatoms. The van der Waals surface area contributed by atoms with Gasteiger partial charge in [0.25, 0.3) is 0 Å². The van der Waals surface area contributed by atoms with Gasteiger partial charge in [0.2, 0.25) is 0 Å². The van der Waals surface area contributed by atoms with Crippen LogP contribution in [0.5, 0.6) is 0 Å². The molecule has 0 fully saturated rings. The van der Waals surface area contributed by atoms with Crippen molar-refractivity contribution in [3.8, 4) is 0 Å². The van der Waals surface area contributed by atoms with Gasteiger partial charge in [-0.1, -0.05) is 0 Å². The summed E-state index contributed by atoms with van der Waals surface area (Å²) in [6.07, 6.45) is 1.09. The zero-order valence-corrected chi connectivity index (χ0v) is 11.4. The Labute approximate surface area is 92.9 Å². The third-order valence-corrected chi connectivity index (χ3v) is 8.09. The van der Waals surface area contributed by atoms with Crippen LogP contribution in [0.25, 0.3) is 0 Å². The van der Waals surface area contributed by atoms with Crippen molar-refractivity contribution in [2.45, 2.75) is 55.6 Å². The first-order chi connectivity index (χ1) is 6.73. The fourth-order valence-electron chi connectivity index (χ4n) is 1.17. The maximum atomic E-state index is 13.6. The first kappa shape index (κ1) is 15.3. The van der Waals surface area contributed by atoms with Gasteiger partial charge in [-0.25, -0.2) is 0 Å². The second-order valence-electron chi connectivity index (χ2n) is 4.70. The van der Waals surface area contributed by atoms with Crippen LogP contribution in [0.15, 0.2) is 0 Å². The Balaban J connectivity index is 4.03. The Hall–Kier alpha value is 0.278. The van der Waals surface area contributed by atoms with Crippen LogP contribution in [-0.4, -0.2) is 26.1 Å². The van der Waals surface area contributed by atoms with Crippen molar-refractivity contribution < 1.29 is 15.7 Å². The summed E-state index contributed by atoms with van der Waals surface area (Å²) in [7, 11) is 0. The van der Waals surface area contributed by atoms with Gasteiger partial charge in [0.05, 0.1) is 0 Å². The van der Waals surface area contributed by atoms with E-state index in [-0.39, 0.29) is 6.42 Å². The van der Waals surface area contributed by atoms with Crippen LogP contribution in [-0.2, 0) is 0 Å². The van der Waals surface area contributed by atoms with Gasteiger partial charge in [0.1, 0.15) is 0 Å². The van der Waals surface area contributed by atoms with Gasteiger partial charge in [-0.2, -0.15) is 0 Å². The van der Waals surface area contributed by atoms with Crippen LogP contribution in [0, 0.1) is 0 Å². The molecule has 0 nitrogen and oxygen atoms in total. The third-order valence-electron chi connectivity index (χ3n) is 2.32. The van der Waals surface area contributed by atoms with E-state index in [9.17, 15) is 15.7 Å². The van der Waals surface area contributed by atoms with Crippen LogP contribution in [0.3, 0.4) is 0 Å². The van der Waals surface area contributed by atoms with Crippen molar-refractivity contribution in [3.05, 3.63) is 0 Å². The molecule has 0 radical (unpaired) electrons. The molecule has 0 N–H and O–H groups in total. The van der Waals surface area contributed by atoms with E-state index >= 15 is 0 Å². The van der Waals surface area contributed by atoms with Crippen LogP contribution < -0.4 is 0 Å². The molecule has 0 aliphatic rings. The van der Waals surface area contributed by atoms with Crippen molar-refractivity contribution in [3.63, 3.8) is 0 Å². The summed E-state index contributed by atoms with van der Waals surface area (Å²) in [6.45, 7) is 3.74. The van der Waals surface area contributed by atoms with Gasteiger partial charge < -0.3 is 0 Å². The van der Waals surface area contributed by atoms with Crippen LogP contribution >= 0.6 is 0 Å². The predicted molar refractivity (Wildman–Crippen MR) is 57.0 cm³/mol. The normalized spacial score (nSPS) is 15.4. The van der Waals surface area contributed by atoms with E-state index in [0.717, 1.165) is 0 Å². The minimum atomic E-state index is -5.19. The average molecular weight is 291 g/mol. The molecule has 92 valence electrons. The zero-order chi connectivity index (χ0) is 12.1.